The van der Waals surface area contributed by atoms with Crippen molar-refractivity contribution < 1.29 is 35.5 Å². The van der Waals surface area contributed by atoms with Crippen molar-refractivity contribution in [1.82, 2.24) is 15.0 Å². The highest BCUT2D eigenvalue weighted by Crippen LogP contribution is 2.39. The maximum Gasteiger partial charge on any atom is 0.261 e. The van der Waals surface area contributed by atoms with Gasteiger partial charge in [0.2, 0.25) is 17.7 Å². The summed E-state index contributed by atoms with van der Waals surface area (Å²) in [6.07, 6.45) is -6.80. The van der Waals surface area contributed by atoms with Gasteiger partial charge in [0.25, 0.3) is 12.3 Å². The van der Waals surface area contributed by atoms with E-state index in [1.54, 1.807) is 0 Å². The molecular weight excluding hydrogens is 411 g/mol. The minimum Gasteiger partial charge on any atom is -0.351 e. The Kier molecular flexibility index (Phi) is 5.94. The van der Waals surface area contributed by atoms with Gasteiger partial charge in [-0.05, 0) is 12.8 Å². The van der Waals surface area contributed by atoms with Gasteiger partial charge in [0.1, 0.15) is 12.7 Å². The molecule has 0 saturated heterocycles. The summed E-state index contributed by atoms with van der Waals surface area (Å²) in [7, 11) is 0. The molecule has 13 heteroatoms. The van der Waals surface area contributed by atoms with Crippen molar-refractivity contribution in [3.8, 4) is 0 Å². The van der Waals surface area contributed by atoms with Crippen LogP contribution in [0.3, 0.4) is 0 Å². The van der Waals surface area contributed by atoms with E-state index in [0.717, 1.165) is 0 Å². The number of carbonyl (C=O) groups is 1. The summed E-state index contributed by atoms with van der Waals surface area (Å²) in [5, 5.41) is 4.57. The minimum absolute atomic E-state index is 0.259. The molecular formula is C16H16F7N5O. The van der Waals surface area contributed by atoms with Crippen LogP contribution in [0.5, 0.6) is 0 Å². The number of allylic oxidation sites excluding steroid dienone is 2. The van der Waals surface area contributed by atoms with Gasteiger partial charge in [-0.3, -0.25) is 4.79 Å². The van der Waals surface area contributed by atoms with E-state index in [0.29, 0.717) is 0 Å². The number of rotatable bonds is 7. The molecule has 29 heavy (non-hydrogen) atoms. The Balaban J connectivity index is 1.93. The number of anilines is 2. The summed E-state index contributed by atoms with van der Waals surface area (Å²) in [5.74, 6) is -7.06. The molecule has 0 aliphatic heterocycles. The number of hydrogen-bond donors (Lipinski definition) is 2. The van der Waals surface area contributed by atoms with E-state index in [2.05, 4.69) is 20.3 Å². The van der Waals surface area contributed by atoms with Crippen LogP contribution < -0.4 is 10.6 Å². The van der Waals surface area contributed by atoms with Gasteiger partial charge in [-0.1, -0.05) is 0 Å². The van der Waals surface area contributed by atoms with Crippen molar-refractivity contribution in [1.29, 1.82) is 0 Å². The van der Waals surface area contributed by atoms with Gasteiger partial charge in [0, 0.05) is 24.5 Å². The fourth-order valence-corrected chi connectivity index (χ4v) is 2.93. The molecule has 2 atom stereocenters. The number of carbonyl (C=O) groups excluding carboxylic acids is 1. The van der Waals surface area contributed by atoms with Gasteiger partial charge >= 0.3 is 0 Å². The lowest BCUT2D eigenvalue weighted by Gasteiger charge is -2.35. The van der Waals surface area contributed by atoms with E-state index in [9.17, 15) is 35.5 Å². The molecule has 2 aliphatic carbocycles. The smallest absolute Gasteiger partial charge is 0.261 e. The van der Waals surface area contributed by atoms with E-state index >= 15 is 0 Å². The molecule has 1 fully saturated rings. The summed E-state index contributed by atoms with van der Waals surface area (Å²) in [6.45, 7) is -1.48. The predicted molar refractivity (Wildman–Crippen MR) is 88.0 cm³/mol. The van der Waals surface area contributed by atoms with E-state index in [-0.39, 0.29) is 24.4 Å². The van der Waals surface area contributed by atoms with Crippen LogP contribution in [0.1, 0.15) is 31.5 Å². The number of alkyl halides is 6. The molecule has 0 radical (unpaired) electrons. The maximum atomic E-state index is 14.2. The quantitative estimate of drug-likeness (QED) is 0.649. The number of halogens is 7. The fraction of sp³-hybridized carbons (Fsp3) is 0.625. The lowest BCUT2D eigenvalue weighted by molar-refractivity contribution is -0.122. The Morgan fingerprint density at radius 3 is 2.38 bits per heavy atom. The van der Waals surface area contributed by atoms with E-state index in [1.165, 1.54) is 0 Å². The topological polar surface area (TPSA) is 79.8 Å². The van der Waals surface area contributed by atoms with E-state index < -0.39 is 73.5 Å². The van der Waals surface area contributed by atoms with Crippen LogP contribution in [0.4, 0.5) is 42.6 Å². The third-order valence-corrected chi connectivity index (χ3v) is 4.53. The monoisotopic (exact) mass is 427 g/mol. The number of aromatic nitrogens is 3. The summed E-state index contributed by atoms with van der Waals surface area (Å²) in [5.41, 5.74) is -0.370. The van der Waals surface area contributed by atoms with E-state index in [4.69, 9.17) is 0 Å². The number of Topliss-reactive ketones (excluding diaryl/α,β-unsaturated/α-hetero) is 1. The maximum absolute atomic E-state index is 14.2. The zero-order valence-electron chi connectivity index (χ0n) is 14.7. The highest BCUT2D eigenvalue weighted by Gasteiger charge is 2.45. The Morgan fingerprint density at radius 2 is 1.79 bits per heavy atom. The van der Waals surface area contributed by atoms with Gasteiger partial charge in [-0.25, -0.2) is 30.7 Å². The van der Waals surface area contributed by atoms with Crippen LogP contribution in [0, 0.1) is 0 Å². The number of nitrogens with zero attached hydrogens (tertiary/aromatic N) is 3. The molecule has 3 rings (SSSR count). The van der Waals surface area contributed by atoms with Crippen LogP contribution in [-0.2, 0) is 4.79 Å². The van der Waals surface area contributed by atoms with Gasteiger partial charge in [-0.15, -0.1) is 0 Å². The molecule has 0 bridgehead atoms. The number of hydrogen-bond acceptors (Lipinski definition) is 6. The molecule has 1 heterocycles. The first-order chi connectivity index (χ1) is 13.6. The third-order valence-electron chi connectivity index (χ3n) is 4.53. The van der Waals surface area contributed by atoms with Crippen LogP contribution in [0.15, 0.2) is 5.83 Å². The Morgan fingerprint density at radius 1 is 1.14 bits per heavy atom. The fourth-order valence-electron chi connectivity index (χ4n) is 2.93. The Hall–Kier alpha value is -2.47. The summed E-state index contributed by atoms with van der Waals surface area (Å²) >= 11 is 0. The molecule has 0 aromatic carbocycles. The van der Waals surface area contributed by atoms with Crippen LogP contribution in [0.25, 0.3) is 5.57 Å². The lowest BCUT2D eigenvalue weighted by atomic mass is 9.88. The van der Waals surface area contributed by atoms with Crippen molar-refractivity contribution in [3.63, 3.8) is 0 Å². The van der Waals surface area contributed by atoms with Gasteiger partial charge in [-0.2, -0.15) is 15.0 Å². The average molecular weight is 427 g/mol. The lowest BCUT2D eigenvalue weighted by Crippen LogP contribution is -2.44. The van der Waals surface area contributed by atoms with Gasteiger partial charge in [0.05, 0.1) is 0 Å². The zero-order valence-corrected chi connectivity index (χ0v) is 14.7. The van der Waals surface area contributed by atoms with Crippen molar-refractivity contribution in [2.75, 3.05) is 17.3 Å². The van der Waals surface area contributed by atoms with Crippen LogP contribution in [-0.4, -0.2) is 58.0 Å². The minimum atomic E-state index is -3.12. The zero-order chi connectivity index (χ0) is 21.3. The standard InChI is InChI=1S/C16H16F7N5O/c17-5-9(12(20)21)25-15-27-13(7-1-2-8(18)11(29)10(7)19)26-14(28-15)24-6-3-16(22,23)4-6/h6,8-9,12H,1-5H2,(H2,24,25,26,27,28). The molecule has 160 valence electrons. The van der Waals surface area contributed by atoms with Crippen LogP contribution in [0.2, 0.25) is 0 Å². The second-order valence-corrected chi connectivity index (χ2v) is 6.81. The molecule has 1 saturated carbocycles. The largest absolute Gasteiger partial charge is 0.351 e. The van der Waals surface area contributed by atoms with Crippen molar-refractivity contribution in [3.05, 3.63) is 11.7 Å². The Labute approximate surface area is 160 Å². The highest BCUT2D eigenvalue weighted by atomic mass is 19.3. The second-order valence-electron chi connectivity index (χ2n) is 6.81. The molecule has 6 nitrogen and oxygen atoms in total. The van der Waals surface area contributed by atoms with Crippen molar-refractivity contribution >= 4 is 23.3 Å². The molecule has 0 spiro atoms. The SMILES string of the molecule is O=C1C(F)=C(c2nc(NC3CC(F)(F)C3)nc(NC(CF)C(F)F)n2)CCC1F. The summed E-state index contributed by atoms with van der Waals surface area (Å²) in [4.78, 5) is 22.9. The van der Waals surface area contributed by atoms with Gasteiger partial charge in [0.15, 0.2) is 17.8 Å². The third kappa shape index (κ3) is 4.75. The first-order valence-electron chi connectivity index (χ1n) is 8.68. The average Bonchev–Trinajstić information content (AvgIpc) is 2.62. The Bertz CT molecular complexity index is 811. The van der Waals surface area contributed by atoms with Crippen molar-refractivity contribution in [2.45, 2.75) is 56.3 Å². The normalized spacial score (nSPS) is 23.2. The molecule has 1 aromatic rings. The van der Waals surface area contributed by atoms with E-state index in [1.807, 2.05) is 5.32 Å². The number of ketones is 1. The first kappa shape index (κ1) is 21.2. The second kappa shape index (κ2) is 8.11. The predicted octanol–water partition coefficient (Wildman–Crippen LogP) is 3.48. The highest BCUT2D eigenvalue weighted by molar-refractivity contribution is 6.04. The molecule has 2 N–H and O–H groups in total. The molecule has 1 aromatic heterocycles. The first-order valence-corrected chi connectivity index (χ1v) is 8.68. The van der Waals surface area contributed by atoms with Crippen LogP contribution >= 0.6 is 0 Å². The number of nitrogens with one attached hydrogen (secondary N) is 2. The molecule has 2 aliphatic rings. The molecule has 0 amide bonds. The molecule has 2 unspecified atom stereocenters. The van der Waals surface area contributed by atoms with Crippen molar-refractivity contribution in [2.24, 2.45) is 0 Å². The van der Waals surface area contributed by atoms with Gasteiger partial charge < -0.3 is 10.6 Å². The summed E-state index contributed by atoms with van der Waals surface area (Å²) < 4.78 is 92.1. The summed E-state index contributed by atoms with van der Waals surface area (Å²) in [6, 6.07) is -2.71.